The molecule has 0 bridgehead atoms. The molecule has 0 fully saturated rings. The third kappa shape index (κ3) is 4.46. The van der Waals surface area contributed by atoms with E-state index in [4.69, 9.17) is 10.5 Å². The second kappa shape index (κ2) is 9.14. The summed E-state index contributed by atoms with van der Waals surface area (Å²) in [6, 6.07) is 17.5. The summed E-state index contributed by atoms with van der Waals surface area (Å²) in [5.74, 6) is -0.433. The van der Waals surface area contributed by atoms with Gasteiger partial charge in [-0.3, -0.25) is 0 Å². The van der Waals surface area contributed by atoms with Crippen molar-refractivity contribution in [3.8, 4) is 0 Å². The van der Waals surface area contributed by atoms with Gasteiger partial charge in [0.25, 0.3) is 0 Å². The first-order valence-electron chi connectivity index (χ1n) is 10.3. The smallest absolute Gasteiger partial charge is 0.359 e. The molecule has 1 unspecified atom stereocenters. The zero-order valence-electron chi connectivity index (χ0n) is 17.2. The van der Waals surface area contributed by atoms with Gasteiger partial charge < -0.3 is 20.5 Å². The molecule has 0 saturated carbocycles. The maximum atomic E-state index is 13.1. The van der Waals surface area contributed by atoms with Crippen molar-refractivity contribution in [3.63, 3.8) is 0 Å². The largest absolute Gasteiger partial charge is 0.510 e. The maximum absolute atomic E-state index is 13.1. The van der Waals surface area contributed by atoms with Crippen molar-refractivity contribution in [1.29, 1.82) is 0 Å². The highest BCUT2D eigenvalue weighted by molar-refractivity contribution is 5.94. The van der Waals surface area contributed by atoms with E-state index in [1.54, 1.807) is 0 Å². The van der Waals surface area contributed by atoms with E-state index in [0.717, 1.165) is 36.1 Å². The SMILES string of the molecule is CCCN(C1=C(O)CC(C)(c2ccccc2CCCN)OC1=O)c1ccccc1. The Labute approximate surface area is 172 Å². The molecule has 2 aromatic carbocycles. The monoisotopic (exact) mass is 394 g/mol. The number of benzene rings is 2. The number of para-hydroxylation sites is 1. The van der Waals surface area contributed by atoms with Gasteiger partial charge in [0.1, 0.15) is 11.4 Å². The fraction of sp³-hybridized carbons (Fsp3) is 0.375. The van der Waals surface area contributed by atoms with Crippen LogP contribution in [0.1, 0.15) is 44.2 Å². The molecule has 0 spiro atoms. The Balaban J connectivity index is 1.98. The molecule has 3 N–H and O–H groups in total. The number of nitrogens with two attached hydrogens (primary N) is 1. The summed E-state index contributed by atoms with van der Waals surface area (Å²) < 4.78 is 5.98. The number of hydrogen-bond donors (Lipinski definition) is 2. The van der Waals surface area contributed by atoms with Crippen molar-refractivity contribution in [1.82, 2.24) is 0 Å². The average molecular weight is 395 g/mol. The summed E-state index contributed by atoms with van der Waals surface area (Å²) in [4.78, 5) is 15.0. The van der Waals surface area contributed by atoms with Gasteiger partial charge in [-0.25, -0.2) is 4.79 Å². The number of esters is 1. The highest BCUT2D eigenvalue weighted by atomic mass is 16.6. The van der Waals surface area contributed by atoms with Crippen LogP contribution in [0.25, 0.3) is 0 Å². The van der Waals surface area contributed by atoms with Gasteiger partial charge in [0, 0.05) is 12.2 Å². The Morgan fingerprint density at radius 1 is 1.14 bits per heavy atom. The summed E-state index contributed by atoms with van der Waals surface area (Å²) in [5, 5.41) is 11.0. The number of carbonyl (C=O) groups excluding carboxylic acids is 1. The molecule has 5 nitrogen and oxygen atoms in total. The number of aryl methyl sites for hydroxylation is 1. The molecule has 0 radical (unpaired) electrons. The summed E-state index contributed by atoms with van der Waals surface area (Å²) in [6.45, 7) is 5.12. The molecule has 0 amide bonds. The highest BCUT2D eigenvalue weighted by Crippen LogP contribution is 2.40. The molecule has 0 saturated heterocycles. The zero-order valence-corrected chi connectivity index (χ0v) is 17.2. The lowest BCUT2D eigenvalue weighted by molar-refractivity contribution is -0.158. The third-order valence-corrected chi connectivity index (χ3v) is 5.31. The van der Waals surface area contributed by atoms with Crippen molar-refractivity contribution in [2.75, 3.05) is 18.0 Å². The topological polar surface area (TPSA) is 75.8 Å². The first kappa shape index (κ1) is 20.9. The number of aliphatic hydroxyl groups excluding tert-OH is 1. The van der Waals surface area contributed by atoms with Crippen LogP contribution < -0.4 is 10.6 Å². The van der Waals surface area contributed by atoms with E-state index in [9.17, 15) is 9.90 Å². The molecule has 0 aromatic heterocycles. The maximum Gasteiger partial charge on any atom is 0.359 e. The van der Waals surface area contributed by atoms with Gasteiger partial charge in [0.15, 0.2) is 5.70 Å². The number of nitrogens with zero attached hydrogens (tertiary/aromatic N) is 1. The van der Waals surface area contributed by atoms with Crippen LogP contribution in [0.4, 0.5) is 5.69 Å². The quantitative estimate of drug-likeness (QED) is 0.648. The molecule has 1 heterocycles. The fourth-order valence-electron chi connectivity index (χ4n) is 3.97. The van der Waals surface area contributed by atoms with Crippen molar-refractivity contribution in [2.24, 2.45) is 5.73 Å². The van der Waals surface area contributed by atoms with E-state index < -0.39 is 11.6 Å². The van der Waals surface area contributed by atoms with E-state index in [-0.39, 0.29) is 17.9 Å². The van der Waals surface area contributed by atoms with E-state index in [1.807, 2.05) is 73.3 Å². The van der Waals surface area contributed by atoms with Crippen LogP contribution in [0.2, 0.25) is 0 Å². The van der Waals surface area contributed by atoms with Gasteiger partial charge in [-0.1, -0.05) is 49.4 Å². The van der Waals surface area contributed by atoms with Gasteiger partial charge >= 0.3 is 5.97 Å². The van der Waals surface area contributed by atoms with E-state index in [0.29, 0.717) is 13.1 Å². The number of ether oxygens (including phenoxy) is 1. The number of aliphatic hydroxyl groups is 1. The molecule has 154 valence electrons. The molecule has 1 aliphatic rings. The van der Waals surface area contributed by atoms with Crippen LogP contribution in [-0.4, -0.2) is 24.2 Å². The van der Waals surface area contributed by atoms with Gasteiger partial charge in [-0.05, 0) is 56.0 Å². The third-order valence-electron chi connectivity index (χ3n) is 5.31. The second-order valence-electron chi connectivity index (χ2n) is 7.63. The molecule has 1 aliphatic heterocycles. The Bertz CT molecular complexity index is 879. The molecule has 2 aromatic rings. The second-order valence-corrected chi connectivity index (χ2v) is 7.63. The van der Waals surface area contributed by atoms with Crippen LogP contribution in [0.15, 0.2) is 66.1 Å². The molecular formula is C24H30N2O3. The molecule has 3 rings (SSSR count). The summed E-state index contributed by atoms with van der Waals surface area (Å²) in [7, 11) is 0. The van der Waals surface area contributed by atoms with Crippen molar-refractivity contribution < 1.29 is 14.6 Å². The fourth-order valence-corrected chi connectivity index (χ4v) is 3.97. The highest BCUT2D eigenvalue weighted by Gasteiger charge is 2.42. The lowest BCUT2D eigenvalue weighted by Gasteiger charge is -2.38. The average Bonchev–Trinajstić information content (AvgIpc) is 2.72. The van der Waals surface area contributed by atoms with Crippen LogP contribution in [0, 0.1) is 0 Å². The molecule has 1 atom stereocenters. The number of cyclic esters (lactones) is 1. The minimum absolute atomic E-state index is 0.0645. The Hall–Kier alpha value is -2.79. The number of hydrogen-bond acceptors (Lipinski definition) is 5. The summed E-state index contributed by atoms with van der Waals surface area (Å²) in [5.41, 5.74) is 7.88. The van der Waals surface area contributed by atoms with Crippen LogP contribution in [-0.2, 0) is 21.6 Å². The Morgan fingerprint density at radius 3 is 2.48 bits per heavy atom. The van der Waals surface area contributed by atoms with Gasteiger partial charge in [0.05, 0.1) is 6.42 Å². The molecule has 5 heteroatoms. The predicted molar refractivity (Wildman–Crippen MR) is 116 cm³/mol. The first-order valence-corrected chi connectivity index (χ1v) is 10.3. The predicted octanol–water partition coefficient (Wildman–Crippen LogP) is 4.43. The Kier molecular flexibility index (Phi) is 6.60. The van der Waals surface area contributed by atoms with Gasteiger partial charge in [-0.15, -0.1) is 0 Å². The standard InChI is InChI=1S/C24H30N2O3/c1-3-16-26(19-12-5-4-6-13-19)22-21(27)17-24(2,29-23(22)28)20-14-8-7-10-18(20)11-9-15-25/h4-8,10,12-14,27H,3,9,11,15-17,25H2,1-2H3. The zero-order chi connectivity index (χ0) is 20.9. The summed E-state index contributed by atoms with van der Waals surface area (Å²) in [6.07, 6.45) is 2.73. The van der Waals surface area contributed by atoms with E-state index >= 15 is 0 Å². The van der Waals surface area contributed by atoms with Gasteiger partial charge in [0.2, 0.25) is 0 Å². The normalized spacial score (nSPS) is 19.2. The molecule has 0 aliphatic carbocycles. The lowest BCUT2D eigenvalue weighted by atomic mass is 9.84. The minimum atomic E-state index is -0.912. The minimum Gasteiger partial charge on any atom is -0.510 e. The van der Waals surface area contributed by atoms with Crippen molar-refractivity contribution in [2.45, 2.75) is 45.1 Å². The van der Waals surface area contributed by atoms with Crippen LogP contribution >= 0.6 is 0 Å². The Morgan fingerprint density at radius 2 is 1.83 bits per heavy atom. The molecular weight excluding hydrogens is 364 g/mol. The number of anilines is 1. The number of carbonyl (C=O) groups is 1. The number of rotatable bonds is 8. The van der Waals surface area contributed by atoms with E-state index in [2.05, 4.69) is 0 Å². The van der Waals surface area contributed by atoms with Gasteiger partial charge in [-0.2, -0.15) is 0 Å². The van der Waals surface area contributed by atoms with Crippen LogP contribution in [0.3, 0.4) is 0 Å². The van der Waals surface area contributed by atoms with Crippen LogP contribution in [0.5, 0.6) is 0 Å². The lowest BCUT2D eigenvalue weighted by Crippen LogP contribution is -2.41. The van der Waals surface area contributed by atoms with Crippen molar-refractivity contribution in [3.05, 3.63) is 77.2 Å². The van der Waals surface area contributed by atoms with Crippen molar-refractivity contribution >= 4 is 11.7 Å². The molecule has 29 heavy (non-hydrogen) atoms. The summed E-state index contributed by atoms with van der Waals surface area (Å²) >= 11 is 0. The first-order chi connectivity index (χ1) is 14.0. The van der Waals surface area contributed by atoms with E-state index in [1.165, 1.54) is 0 Å².